The van der Waals surface area contributed by atoms with Crippen molar-refractivity contribution in [1.82, 2.24) is 0 Å². The van der Waals surface area contributed by atoms with Gasteiger partial charge in [0, 0.05) is 6.42 Å². The number of unbranched alkanes of at least 4 members (excludes halogenated alkanes) is 9. The second-order valence-electron chi connectivity index (χ2n) is 7.08. The molecule has 0 amide bonds. The van der Waals surface area contributed by atoms with E-state index in [1.165, 1.54) is 81.8 Å². The lowest BCUT2D eigenvalue weighted by molar-refractivity contribution is 0.568. The monoisotopic (exact) mass is 340 g/mol. The summed E-state index contributed by atoms with van der Waals surface area (Å²) >= 11 is 2.13. The van der Waals surface area contributed by atoms with Gasteiger partial charge in [-0.25, -0.2) is 0 Å². The summed E-state index contributed by atoms with van der Waals surface area (Å²) in [4.78, 5) is 0. The van der Waals surface area contributed by atoms with Crippen molar-refractivity contribution in [2.75, 3.05) is 11.5 Å². The maximum atomic E-state index is 3.54. The predicted octanol–water partition coefficient (Wildman–Crippen LogP) is 7.30. The summed E-state index contributed by atoms with van der Waals surface area (Å²) in [6.45, 7) is 9.31. The Hall–Kier alpha value is 0.127. The lowest BCUT2D eigenvalue weighted by Crippen LogP contribution is -2.21. The van der Waals surface area contributed by atoms with E-state index in [1.54, 1.807) is 0 Å². The fourth-order valence-corrected chi connectivity index (χ4v) is 3.97. The van der Waals surface area contributed by atoms with Gasteiger partial charge in [0.15, 0.2) is 0 Å². The predicted molar refractivity (Wildman–Crippen MR) is 110 cm³/mol. The quantitative estimate of drug-likeness (QED) is 0.181. The van der Waals surface area contributed by atoms with Crippen LogP contribution in [-0.2, 0) is 0 Å². The molecule has 0 rings (SSSR count). The average molecular weight is 341 g/mol. The molecule has 0 N–H and O–H groups in total. The van der Waals surface area contributed by atoms with Crippen molar-refractivity contribution in [3.63, 3.8) is 0 Å². The lowest BCUT2D eigenvalue weighted by atomic mass is 10.1. The Morgan fingerprint density at radius 1 is 0.727 bits per heavy atom. The summed E-state index contributed by atoms with van der Waals surface area (Å²) in [6.07, 6.45) is 15.2. The molecule has 0 unspecified atom stereocenters. The van der Waals surface area contributed by atoms with E-state index in [4.69, 9.17) is 0 Å². The minimum absolute atomic E-state index is 1.13. The van der Waals surface area contributed by atoms with Gasteiger partial charge in [0.25, 0.3) is 0 Å². The molecule has 0 bridgehead atoms. The van der Waals surface area contributed by atoms with E-state index in [0.29, 0.717) is 0 Å². The second kappa shape index (κ2) is 16.0. The van der Waals surface area contributed by atoms with Gasteiger partial charge in [-0.05, 0) is 36.8 Å². The molecule has 0 spiro atoms. The molecule has 0 saturated carbocycles. The summed E-state index contributed by atoms with van der Waals surface area (Å²) in [5, 5.41) is 0. The summed E-state index contributed by atoms with van der Waals surface area (Å²) in [5.41, 5.74) is 3.54. The molecule has 130 valence electrons. The Bertz CT molecular complexity index is 288. The highest BCUT2D eigenvalue weighted by Crippen LogP contribution is 2.13. The molecule has 0 aromatic carbocycles. The maximum Gasteiger partial charge on any atom is 0.132 e. The zero-order valence-corrected chi connectivity index (χ0v) is 17.6. The van der Waals surface area contributed by atoms with Crippen LogP contribution in [0.25, 0.3) is 0 Å². The van der Waals surface area contributed by atoms with E-state index < -0.39 is 8.07 Å². The van der Waals surface area contributed by atoms with Crippen molar-refractivity contribution in [1.29, 1.82) is 0 Å². The topological polar surface area (TPSA) is 0 Å². The zero-order chi connectivity index (χ0) is 16.5. The first kappa shape index (κ1) is 22.1. The van der Waals surface area contributed by atoms with E-state index in [-0.39, 0.29) is 0 Å². The fraction of sp³-hybridized carbons (Fsp3) is 0.900. The normalized spacial score (nSPS) is 11.3. The first-order chi connectivity index (χ1) is 10.6. The zero-order valence-electron chi connectivity index (χ0n) is 15.8. The second-order valence-corrected chi connectivity index (χ2v) is 13.0. The van der Waals surface area contributed by atoms with Crippen molar-refractivity contribution in [2.45, 2.75) is 104 Å². The van der Waals surface area contributed by atoms with Crippen LogP contribution in [0.1, 0.15) is 84.5 Å². The molecule has 0 radical (unpaired) electrons. The van der Waals surface area contributed by atoms with Crippen molar-refractivity contribution in [3.05, 3.63) is 0 Å². The van der Waals surface area contributed by atoms with Crippen LogP contribution < -0.4 is 0 Å². The maximum absolute atomic E-state index is 3.54. The molecule has 0 heterocycles. The van der Waals surface area contributed by atoms with Crippen molar-refractivity contribution in [2.24, 2.45) is 0 Å². The average Bonchev–Trinajstić information content (AvgIpc) is 2.51. The Kier molecular flexibility index (Phi) is 16.1. The summed E-state index contributed by atoms with van der Waals surface area (Å²) < 4.78 is 0. The molecular weight excluding hydrogens is 300 g/mol. The molecule has 0 nitrogen and oxygen atoms in total. The van der Waals surface area contributed by atoms with Gasteiger partial charge >= 0.3 is 0 Å². The summed E-state index contributed by atoms with van der Waals surface area (Å²) in [7, 11) is -1.14. The van der Waals surface area contributed by atoms with Crippen molar-refractivity contribution < 1.29 is 0 Å². The molecule has 0 aromatic rings. The number of hydrogen-bond donors (Lipinski definition) is 0. The first-order valence-electron chi connectivity index (χ1n) is 9.70. The highest BCUT2D eigenvalue weighted by atomic mass is 32.2. The van der Waals surface area contributed by atoms with Crippen molar-refractivity contribution in [3.8, 4) is 11.5 Å². The molecule has 0 atom stereocenters. The van der Waals surface area contributed by atoms with E-state index in [9.17, 15) is 0 Å². The van der Waals surface area contributed by atoms with E-state index in [1.807, 2.05) is 0 Å². The lowest BCUT2D eigenvalue weighted by Gasteiger charge is -2.09. The van der Waals surface area contributed by atoms with Gasteiger partial charge in [-0.2, -0.15) is 11.8 Å². The van der Waals surface area contributed by atoms with Crippen LogP contribution in [0, 0.1) is 11.5 Å². The SMILES string of the molecule is CCCSCCCCCCCCCCCC#C[Si](C)(C)CC. The largest absolute Gasteiger partial charge is 0.162 e. The van der Waals surface area contributed by atoms with Gasteiger partial charge in [-0.3, -0.25) is 0 Å². The summed E-state index contributed by atoms with van der Waals surface area (Å²) in [6, 6.07) is 1.29. The van der Waals surface area contributed by atoms with E-state index >= 15 is 0 Å². The highest BCUT2D eigenvalue weighted by Gasteiger charge is 2.13. The minimum atomic E-state index is -1.14. The molecular formula is C20H40SSi. The first-order valence-corrected chi connectivity index (χ1v) is 14.1. The Morgan fingerprint density at radius 3 is 1.82 bits per heavy atom. The van der Waals surface area contributed by atoms with Gasteiger partial charge in [0.05, 0.1) is 0 Å². The smallest absolute Gasteiger partial charge is 0.132 e. The number of hydrogen-bond acceptors (Lipinski definition) is 1. The third kappa shape index (κ3) is 16.5. The Balaban J connectivity index is 3.18. The van der Waals surface area contributed by atoms with Gasteiger partial charge in [-0.1, -0.05) is 71.9 Å². The number of rotatable bonds is 14. The van der Waals surface area contributed by atoms with Crippen molar-refractivity contribution >= 4 is 19.8 Å². The molecule has 0 aromatic heterocycles. The highest BCUT2D eigenvalue weighted by molar-refractivity contribution is 7.99. The van der Waals surface area contributed by atoms with Gasteiger partial charge < -0.3 is 0 Å². The third-order valence-electron chi connectivity index (χ3n) is 4.25. The van der Waals surface area contributed by atoms with Crippen LogP contribution in [0.3, 0.4) is 0 Å². The van der Waals surface area contributed by atoms with Gasteiger partial charge in [0.1, 0.15) is 8.07 Å². The van der Waals surface area contributed by atoms with Crippen LogP contribution in [0.5, 0.6) is 0 Å². The molecule has 0 fully saturated rings. The van der Waals surface area contributed by atoms with Gasteiger partial charge in [0.2, 0.25) is 0 Å². The van der Waals surface area contributed by atoms with Crippen LogP contribution in [0.2, 0.25) is 19.1 Å². The van der Waals surface area contributed by atoms with Crippen LogP contribution in [0.15, 0.2) is 0 Å². The van der Waals surface area contributed by atoms with E-state index in [0.717, 1.165) is 6.42 Å². The molecule has 0 aliphatic heterocycles. The van der Waals surface area contributed by atoms with Crippen LogP contribution in [0.4, 0.5) is 0 Å². The molecule has 0 aliphatic carbocycles. The molecule has 0 saturated heterocycles. The molecule has 0 aliphatic rings. The minimum Gasteiger partial charge on any atom is -0.162 e. The Morgan fingerprint density at radius 2 is 1.27 bits per heavy atom. The standard InChI is InChI=1S/C20H40SSi/c1-5-18-21-19-16-14-12-10-8-7-9-11-13-15-17-20-22(3,4)6-2/h5-16,18-19H2,1-4H3. The van der Waals surface area contributed by atoms with Crippen LogP contribution in [-0.4, -0.2) is 19.6 Å². The third-order valence-corrected chi connectivity index (χ3v) is 8.15. The number of thioether (sulfide) groups is 1. The fourth-order valence-electron chi connectivity index (χ4n) is 2.29. The van der Waals surface area contributed by atoms with E-state index in [2.05, 4.69) is 50.2 Å². The van der Waals surface area contributed by atoms with Crippen LogP contribution >= 0.6 is 11.8 Å². The Labute approximate surface area is 146 Å². The molecule has 2 heteroatoms. The molecule has 22 heavy (non-hydrogen) atoms. The van der Waals surface area contributed by atoms with Gasteiger partial charge in [-0.15, -0.1) is 11.5 Å². The summed E-state index contributed by atoms with van der Waals surface area (Å²) in [5.74, 6) is 6.16.